The van der Waals surface area contributed by atoms with Crippen LogP contribution in [-0.2, 0) is 4.79 Å². The van der Waals surface area contributed by atoms with E-state index in [-0.39, 0.29) is 0 Å². The van der Waals surface area contributed by atoms with Crippen molar-refractivity contribution in [2.75, 3.05) is 26.1 Å². The summed E-state index contributed by atoms with van der Waals surface area (Å²) in [4.78, 5) is 22.0. The molecule has 0 saturated heterocycles. The van der Waals surface area contributed by atoms with Gasteiger partial charge in [-0.05, 0) is 18.4 Å². The fourth-order valence-electron chi connectivity index (χ4n) is 0.887. The first-order chi connectivity index (χ1) is 6.97. The van der Waals surface area contributed by atoms with Crippen molar-refractivity contribution in [3.8, 4) is 0 Å². The number of hydrogen-bond acceptors (Lipinski definition) is 4. The lowest BCUT2D eigenvalue weighted by Gasteiger charge is -2.17. The number of rotatable bonds is 6. The van der Waals surface area contributed by atoms with Gasteiger partial charge in [-0.25, -0.2) is 14.6 Å². The third-order valence-corrected chi connectivity index (χ3v) is 2.18. The SMILES string of the molecule is CSCC[C@@H](NC(=O)NN(C)C)C(=O)O. The third kappa shape index (κ3) is 7.03. The topological polar surface area (TPSA) is 81.7 Å². The quantitative estimate of drug-likeness (QED) is 0.563. The maximum atomic E-state index is 11.2. The van der Waals surface area contributed by atoms with Gasteiger partial charge in [0.25, 0.3) is 0 Å². The highest BCUT2D eigenvalue weighted by molar-refractivity contribution is 7.98. The zero-order chi connectivity index (χ0) is 11.8. The first-order valence-corrected chi connectivity index (χ1v) is 5.83. The van der Waals surface area contributed by atoms with E-state index in [9.17, 15) is 9.59 Å². The monoisotopic (exact) mass is 235 g/mol. The Balaban J connectivity index is 4.04. The zero-order valence-electron chi connectivity index (χ0n) is 9.11. The Labute approximate surface area is 93.4 Å². The molecule has 1 atom stereocenters. The van der Waals surface area contributed by atoms with Gasteiger partial charge in [0.05, 0.1) is 0 Å². The maximum Gasteiger partial charge on any atom is 0.330 e. The molecule has 0 bridgehead atoms. The molecule has 0 aliphatic rings. The fraction of sp³-hybridized carbons (Fsp3) is 0.750. The molecule has 0 radical (unpaired) electrons. The standard InChI is InChI=1S/C8H17N3O3S/c1-11(2)10-8(14)9-6(7(12)13)4-5-15-3/h6H,4-5H2,1-3H3,(H,12,13)(H2,9,10,14)/t6-/m1/s1. The van der Waals surface area contributed by atoms with E-state index < -0.39 is 18.0 Å². The summed E-state index contributed by atoms with van der Waals surface area (Å²) < 4.78 is 0. The third-order valence-electron chi connectivity index (χ3n) is 1.54. The molecule has 0 fully saturated rings. The van der Waals surface area contributed by atoms with Crippen LogP contribution in [0.3, 0.4) is 0 Å². The molecule has 6 nitrogen and oxygen atoms in total. The van der Waals surface area contributed by atoms with Crippen LogP contribution in [0.4, 0.5) is 4.79 Å². The minimum absolute atomic E-state index is 0.414. The van der Waals surface area contributed by atoms with E-state index >= 15 is 0 Å². The van der Waals surface area contributed by atoms with Crippen LogP contribution in [0.25, 0.3) is 0 Å². The molecule has 3 N–H and O–H groups in total. The van der Waals surface area contributed by atoms with Gasteiger partial charge >= 0.3 is 12.0 Å². The number of urea groups is 1. The molecule has 0 unspecified atom stereocenters. The van der Waals surface area contributed by atoms with E-state index in [0.717, 1.165) is 0 Å². The van der Waals surface area contributed by atoms with Crippen LogP contribution in [0.1, 0.15) is 6.42 Å². The number of amides is 2. The predicted octanol–water partition coefficient (Wildman–Crippen LogP) is -0.0315. The highest BCUT2D eigenvalue weighted by Gasteiger charge is 2.19. The van der Waals surface area contributed by atoms with Crippen LogP contribution in [0.5, 0.6) is 0 Å². The van der Waals surface area contributed by atoms with Crippen molar-refractivity contribution < 1.29 is 14.7 Å². The molecule has 7 heteroatoms. The van der Waals surface area contributed by atoms with Crippen molar-refractivity contribution in [1.82, 2.24) is 15.8 Å². The lowest BCUT2D eigenvalue weighted by atomic mass is 10.2. The Kier molecular flexibility index (Phi) is 6.89. The van der Waals surface area contributed by atoms with E-state index in [2.05, 4.69) is 10.7 Å². The molecular formula is C8H17N3O3S. The van der Waals surface area contributed by atoms with Gasteiger partial charge in [-0.2, -0.15) is 11.8 Å². The van der Waals surface area contributed by atoms with Crippen molar-refractivity contribution in [2.24, 2.45) is 0 Å². The fourth-order valence-corrected chi connectivity index (χ4v) is 1.36. The normalized spacial score (nSPS) is 12.3. The van der Waals surface area contributed by atoms with Crippen molar-refractivity contribution in [3.63, 3.8) is 0 Å². The summed E-state index contributed by atoms with van der Waals surface area (Å²) in [5.74, 6) is -0.322. The number of hydrazine groups is 1. The number of carboxylic acids is 1. The Morgan fingerprint density at radius 1 is 1.47 bits per heavy atom. The van der Waals surface area contributed by atoms with Gasteiger partial charge in [0, 0.05) is 14.1 Å². The maximum absolute atomic E-state index is 11.2. The Morgan fingerprint density at radius 2 is 2.07 bits per heavy atom. The minimum Gasteiger partial charge on any atom is -0.480 e. The molecule has 15 heavy (non-hydrogen) atoms. The van der Waals surface area contributed by atoms with Gasteiger partial charge in [-0.1, -0.05) is 0 Å². The van der Waals surface area contributed by atoms with Crippen LogP contribution in [0.2, 0.25) is 0 Å². The van der Waals surface area contributed by atoms with Crippen LogP contribution >= 0.6 is 11.8 Å². The lowest BCUT2D eigenvalue weighted by molar-refractivity contribution is -0.139. The second-order valence-corrected chi connectivity index (χ2v) is 4.14. The first kappa shape index (κ1) is 14.1. The predicted molar refractivity (Wildman–Crippen MR) is 59.8 cm³/mol. The summed E-state index contributed by atoms with van der Waals surface area (Å²) >= 11 is 1.54. The summed E-state index contributed by atoms with van der Waals surface area (Å²) in [7, 11) is 3.30. The molecule has 0 aromatic carbocycles. The van der Waals surface area contributed by atoms with E-state index in [1.807, 2.05) is 6.26 Å². The van der Waals surface area contributed by atoms with Gasteiger partial charge in [-0.3, -0.25) is 5.43 Å². The number of carbonyl (C=O) groups excluding carboxylic acids is 1. The Bertz CT molecular complexity index is 223. The van der Waals surface area contributed by atoms with Crippen molar-refractivity contribution in [3.05, 3.63) is 0 Å². The van der Waals surface area contributed by atoms with Crippen molar-refractivity contribution >= 4 is 23.8 Å². The van der Waals surface area contributed by atoms with Crippen LogP contribution < -0.4 is 10.7 Å². The van der Waals surface area contributed by atoms with Gasteiger partial charge in [0.15, 0.2) is 0 Å². The smallest absolute Gasteiger partial charge is 0.330 e. The largest absolute Gasteiger partial charge is 0.480 e. The second-order valence-electron chi connectivity index (χ2n) is 3.15. The lowest BCUT2D eigenvalue weighted by Crippen LogP contribution is -2.49. The second kappa shape index (κ2) is 7.36. The van der Waals surface area contributed by atoms with Gasteiger partial charge in [0.2, 0.25) is 0 Å². The number of nitrogens with one attached hydrogen (secondary N) is 2. The van der Waals surface area contributed by atoms with E-state index in [1.54, 1.807) is 25.9 Å². The Hall–Kier alpha value is -0.950. The van der Waals surface area contributed by atoms with Crippen molar-refractivity contribution in [2.45, 2.75) is 12.5 Å². The van der Waals surface area contributed by atoms with Gasteiger partial charge in [-0.15, -0.1) is 0 Å². The number of thioether (sulfide) groups is 1. The first-order valence-electron chi connectivity index (χ1n) is 4.43. The van der Waals surface area contributed by atoms with Crippen LogP contribution in [-0.4, -0.2) is 54.3 Å². The number of hydrogen-bond donors (Lipinski definition) is 3. The number of carboxylic acid groups (broad SMARTS) is 1. The molecule has 0 heterocycles. The highest BCUT2D eigenvalue weighted by atomic mass is 32.2. The molecule has 0 aromatic heterocycles. The molecular weight excluding hydrogens is 218 g/mol. The summed E-state index contributed by atoms with van der Waals surface area (Å²) in [5, 5.41) is 12.6. The van der Waals surface area contributed by atoms with E-state index in [1.165, 1.54) is 5.01 Å². The number of nitrogens with zero attached hydrogens (tertiary/aromatic N) is 1. The van der Waals surface area contributed by atoms with Crippen LogP contribution in [0.15, 0.2) is 0 Å². The van der Waals surface area contributed by atoms with Gasteiger partial charge < -0.3 is 10.4 Å². The molecule has 0 saturated carbocycles. The van der Waals surface area contributed by atoms with Crippen LogP contribution in [0, 0.1) is 0 Å². The Morgan fingerprint density at radius 3 is 2.47 bits per heavy atom. The molecule has 0 aromatic rings. The summed E-state index contributed by atoms with van der Waals surface area (Å²) in [5.41, 5.74) is 2.42. The van der Waals surface area contributed by atoms with Gasteiger partial charge in [0.1, 0.15) is 6.04 Å². The summed E-state index contributed by atoms with van der Waals surface area (Å²) in [6.45, 7) is 0. The number of carbonyl (C=O) groups is 2. The van der Waals surface area contributed by atoms with E-state index in [4.69, 9.17) is 5.11 Å². The molecule has 88 valence electrons. The highest BCUT2D eigenvalue weighted by Crippen LogP contribution is 2.00. The summed E-state index contributed by atoms with van der Waals surface area (Å²) in [6, 6.07) is -1.34. The average molecular weight is 235 g/mol. The van der Waals surface area contributed by atoms with Crippen molar-refractivity contribution in [1.29, 1.82) is 0 Å². The molecule has 0 spiro atoms. The molecule has 0 aliphatic carbocycles. The number of aliphatic carboxylic acids is 1. The zero-order valence-corrected chi connectivity index (χ0v) is 9.93. The average Bonchev–Trinajstić information content (AvgIpc) is 2.10. The minimum atomic E-state index is -1.02. The molecule has 2 amide bonds. The summed E-state index contributed by atoms with van der Waals surface area (Å²) in [6.07, 6.45) is 2.30. The molecule has 0 rings (SSSR count). The molecule has 0 aliphatic heterocycles. The van der Waals surface area contributed by atoms with E-state index in [0.29, 0.717) is 12.2 Å².